The quantitative estimate of drug-likeness (QED) is 0.727. The van der Waals surface area contributed by atoms with Crippen molar-refractivity contribution in [3.63, 3.8) is 0 Å². The normalized spacial score (nSPS) is 11.1. The smallest absolute Gasteiger partial charge is 0.267 e. The second-order valence-corrected chi connectivity index (χ2v) is 5.32. The Balaban J connectivity index is 2.48. The molecule has 0 fully saturated rings. The van der Waals surface area contributed by atoms with Crippen molar-refractivity contribution >= 4 is 22.5 Å². The molecular weight excluding hydrogens is 305 g/mol. The van der Waals surface area contributed by atoms with Crippen LogP contribution in [0.2, 0.25) is 5.02 Å². The summed E-state index contributed by atoms with van der Waals surface area (Å²) in [5.74, 6) is 0.0316. The first-order valence-electron chi connectivity index (χ1n) is 6.85. The van der Waals surface area contributed by atoms with Crippen molar-refractivity contribution in [2.75, 3.05) is 0 Å². The second kappa shape index (κ2) is 5.50. The van der Waals surface area contributed by atoms with Crippen LogP contribution in [0.25, 0.3) is 16.6 Å². The molecule has 22 heavy (non-hydrogen) atoms. The van der Waals surface area contributed by atoms with E-state index >= 15 is 0 Å². The molecule has 3 aromatic rings. The summed E-state index contributed by atoms with van der Waals surface area (Å²) in [7, 11) is 0. The van der Waals surface area contributed by atoms with Crippen LogP contribution in [0.15, 0.2) is 35.3 Å². The van der Waals surface area contributed by atoms with Gasteiger partial charge in [-0.25, -0.2) is 9.37 Å². The molecule has 0 unspecified atom stereocenters. The minimum Gasteiger partial charge on any atom is -0.268 e. The predicted octanol–water partition coefficient (Wildman–Crippen LogP) is 3.44. The summed E-state index contributed by atoms with van der Waals surface area (Å²) in [5, 5.41) is 0.651. The third-order valence-corrected chi connectivity index (χ3v) is 3.82. The molecule has 0 amide bonds. The molecule has 2 heterocycles. The maximum atomic E-state index is 13.6. The topological polar surface area (TPSA) is 47.8 Å². The number of aromatic nitrogens is 3. The van der Waals surface area contributed by atoms with Gasteiger partial charge in [-0.15, -0.1) is 0 Å². The van der Waals surface area contributed by atoms with Crippen LogP contribution < -0.4 is 5.56 Å². The van der Waals surface area contributed by atoms with Gasteiger partial charge >= 0.3 is 0 Å². The number of aryl methyl sites for hydroxylation is 2. The minimum atomic E-state index is -0.506. The van der Waals surface area contributed by atoms with Crippen LogP contribution in [0, 0.1) is 12.7 Å². The van der Waals surface area contributed by atoms with E-state index in [1.165, 1.54) is 10.6 Å². The fourth-order valence-corrected chi connectivity index (χ4v) is 2.69. The van der Waals surface area contributed by atoms with E-state index in [-0.39, 0.29) is 5.56 Å². The second-order valence-electron chi connectivity index (χ2n) is 4.91. The van der Waals surface area contributed by atoms with Crippen LogP contribution in [0.4, 0.5) is 4.39 Å². The lowest BCUT2D eigenvalue weighted by atomic mass is 10.2. The van der Waals surface area contributed by atoms with Crippen LogP contribution >= 0.6 is 11.6 Å². The van der Waals surface area contributed by atoms with Gasteiger partial charge < -0.3 is 0 Å². The first-order valence-corrected chi connectivity index (χ1v) is 7.23. The molecule has 112 valence electrons. The molecule has 0 aliphatic heterocycles. The summed E-state index contributed by atoms with van der Waals surface area (Å²) in [4.78, 5) is 21.4. The summed E-state index contributed by atoms with van der Waals surface area (Å²) >= 11 is 6.15. The lowest BCUT2D eigenvalue weighted by Crippen LogP contribution is -2.25. The van der Waals surface area contributed by atoms with Crippen molar-refractivity contribution in [3.05, 3.63) is 63.2 Å². The van der Waals surface area contributed by atoms with Gasteiger partial charge in [-0.1, -0.05) is 24.6 Å². The van der Waals surface area contributed by atoms with Crippen molar-refractivity contribution in [2.24, 2.45) is 0 Å². The molecule has 0 saturated carbocycles. The van der Waals surface area contributed by atoms with Gasteiger partial charge in [0.05, 0.1) is 33.5 Å². The summed E-state index contributed by atoms with van der Waals surface area (Å²) in [6, 6.07) is 6.41. The first kappa shape index (κ1) is 14.7. The molecule has 3 rings (SSSR count). The molecule has 0 aliphatic rings. The van der Waals surface area contributed by atoms with Crippen LogP contribution in [0.3, 0.4) is 0 Å². The zero-order chi connectivity index (χ0) is 15.9. The maximum Gasteiger partial charge on any atom is 0.267 e. The average Bonchev–Trinajstić information content (AvgIpc) is 2.49. The zero-order valence-electron chi connectivity index (χ0n) is 12.1. The Kier molecular flexibility index (Phi) is 3.66. The lowest BCUT2D eigenvalue weighted by Gasteiger charge is -2.14. The Bertz CT molecular complexity index is 937. The summed E-state index contributed by atoms with van der Waals surface area (Å²) < 4.78 is 15.0. The largest absolute Gasteiger partial charge is 0.268 e. The standard InChI is InChI=1S/C16H13ClFN3O/c1-3-14-20-12-6-4-5-11(17)15(12)16(22)21(14)13-7-10(18)8-19-9(13)2/h4-8H,3H2,1-2H3. The van der Waals surface area contributed by atoms with Crippen LogP contribution in [0.1, 0.15) is 18.4 Å². The molecule has 0 N–H and O–H groups in total. The Labute approximate surface area is 131 Å². The van der Waals surface area contributed by atoms with Crippen LogP contribution in [-0.4, -0.2) is 14.5 Å². The number of benzene rings is 1. The minimum absolute atomic E-state index is 0.317. The number of hydrogen-bond acceptors (Lipinski definition) is 3. The van der Waals surface area contributed by atoms with Crippen molar-refractivity contribution < 1.29 is 4.39 Å². The first-order chi connectivity index (χ1) is 10.5. The highest BCUT2D eigenvalue weighted by atomic mass is 35.5. The number of pyridine rings is 1. The maximum absolute atomic E-state index is 13.6. The van der Waals surface area contributed by atoms with E-state index in [2.05, 4.69) is 9.97 Å². The molecule has 0 spiro atoms. The van der Waals surface area contributed by atoms with E-state index in [1.54, 1.807) is 25.1 Å². The highest BCUT2D eigenvalue weighted by Gasteiger charge is 2.16. The third kappa shape index (κ3) is 2.27. The van der Waals surface area contributed by atoms with Gasteiger partial charge in [0.25, 0.3) is 5.56 Å². The Morgan fingerprint density at radius 3 is 2.86 bits per heavy atom. The predicted molar refractivity (Wildman–Crippen MR) is 84.2 cm³/mol. The lowest BCUT2D eigenvalue weighted by molar-refractivity contribution is 0.617. The zero-order valence-corrected chi connectivity index (χ0v) is 12.9. The molecule has 6 heteroatoms. The number of halogens is 2. The van der Waals surface area contributed by atoms with E-state index in [4.69, 9.17) is 11.6 Å². The van der Waals surface area contributed by atoms with Gasteiger partial charge in [0, 0.05) is 12.5 Å². The van der Waals surface area contributed by atoms with E-state index in [0.29, 0.717) is 39.6 Å². The molecule has 0 aliphatic carbocycles. The Morgan fingerprint density at radius 2 is 2.14 bits per heavy atom. The van der Waals surface area contributed by atoms with Crippen LogP contribution in [-0.2, 0) is 6.42 Å². The number of fused-ring (bicyclic) bond motifs is 1. The van der Waals surface area contributed by atoms with E-state index in [0.717, 1.165) is 6.20 Å². The van der Waals surface area contributed by atoms with Crippen molar-refractivity contribution in [3.8, 4) is 5.69 Å². The van der Waals surface area contributed by atoms with Crippen molar-refractivity contribution in [1.82, 2.24) is 14.5 Å². The molecule has 0 radical (unpaired) electrons. The van der Waals surface area contributed by atoms with Gasteiger partial charge in [0.15, 0.2) is 0 Å². The van der Waals surface area contributed by atoms with Gasteiger partial charge in [0.2, 0.25) is 0 Å². The van der Waals surface area contributed by atoms with Crippen LogP contribution in [0.5, 0.6) is 0 Å². The fourth-order valence-electron chi connectivity index (χ4n) is 2.44. The molecule has 0 saturated heterocycles. The van der Waals surface area contributed by atoms with E-state index in [1.807, 2.05) is 6.92 Å². The summed E-state index contributed by atoms with van der Waals surface area (Å²) in [6.45, 7) is 3.61. The molecule has 0 bridgehead atoms. The highest BCUT2D eigenvalue weighted by molar-refractivity contribution is 6.35. The summed E-state index contributed by atoms with van der Waals surface area (Å²) in [5.41, 5.74) is 1.15. The number of hydrogen-bond donors (Lipinski definition) is 0. The van der Waals surface area contributed by atoms with E-state index < -0.39 is 5.82 Å². The Morgan fingerprint density at radius 1 is 1.36 bits per heavy atom. The highest BCUT2D eigenvalue weighted by Crippen LogP contribution is 2.21. The average molecular weight is 318 g/mol. The van der Waals surface area contributed by atoms with Crippen molar-refractivity contribution in [1.29, 1.82) is 0 Å². The molecule has 1 aromatic carbocycles. The van der Waals surface area contributed by atoms with Gasteiger partial charge in [-0.05, 0) is 19.1 Å². The third-order valence-electron chi connectivity index (χ3n) is 3.50. The SMILES string of the molecule is CCc1nc2cccc(Cl)c2c(=O)n1-c1cc(F)cnc1C. The van der Waals surface area contributed by atoms with Gasteiger partial charge in [0.1, 0.15) is 11.6 Å². The number of rotatable bonds is 2. The van der Waals surface area contributed by atoms with E-state index in [9.17, 15) is 9.18 Å². The molecule has 2 aromatic heterocycles. The molecule has 4 nitrogen and oxygen atoms in total. The van der Waals surface area contributed by atoms with Gasteiger partial charge in [-0.3, -0.25) is 14.3 Å². The van der Waals surface area contributed by atoms with Gasteiger partial charge in [-0.2, -0.15) is 0 Å². The fraction of sp³-hybridized carbons (Fsp3) is 0.188. The number of nitrogens with zero attached hydrogens (tertiary/aromatic N) is 3. The molecule has 0 atom stereocenters. The monoisotopic (exact) mass is 317 g/mol. The molecular formula is C16H13ClFN3O. The van der Waals surface area contributed by atoms with Crippen molar-refractivity contribution in [2.45, 2.75) is 20.3 Å². The summed E-state index contributed by atoms with van der Waals surface area (Å²) in [6.07, 6.45) is 1.64. The Hall–Kier alpha value is -2.27.